The largest absolute Gasteiger partial charge is 0.494 e. The highest BCUT2D eigenvalue weighted by atomic mass is 35.5. The molecule has 46 heavy (non-hydrogen) atoms. The van der Waals surface area contributed by atoms with E-state index in [1.54, 1.807) is 10.9 Å². The number of rotatable bonds is 11. The Bertz CT molecular complexity index is 1820. The Kier molecular flexibility index (Phi) is 8.84. The summed E-state index contributed by atoms with van der Waals surface area (Å²) in [5.74, 6) is -4.88. The number of benzene rings is 2. The van der Waals surface area contributed by atoms with Crippen molar-refractivity contribution in [1.82, 2.24) is 20.1 Å². The summed E-state index contributed by atoms with van der Waals surface area (Å²) in [4.78, 5) is 29.0. The summed E-state index contributed by atoms with van der Waals surface area (Å²) in [5.41, 5.74) is -0.279. The zero-order valence-electron chi connectivity index (χ0n) is 24.3. The van der Waals surface area contributed by atoms with Gasteiger partial charge in [0.2, 0.25) is 11.5 Å². The summed E-state index contributed by atoms with van der Waals surface area (Å²) >= 11 is 5.80. The first kappa shape index (κ1) is 32.9. The van der Waals surface area contributed by atoms with E-state index in [1.807, 2.05) is 0 Å². The lowest BCUT2D eigenvalue weighted by molar-refractivity contribution is -0.265. The Hall–Kier alpha value is -4.50. The maximum absolute atomic E-state index is 14.7. The lowest BCUT2D eigenvalue weighted by Crippen LogP contribution is -2.51. The summed E-state index contributed by atoms with van der Waals surface area (Å²) < 4.78 is 85.0. The fraction of sp³-hybridized carbons (Fsp3) is 0.333. The number of halogens is 6. The zero-order valence-corrected chi connectivity index (χ0v) is 25.1. The van der Waals surface area contributed by atoms with Gasteiger partial charge in [-0.05, 0) is 50.1 Å². The average Bonchev–Trinajstić information content (AvgIpc) is 3.75. The number of hydrogen-bond donors (Lipinski definition) is 3. The Balaban J connectivity index is 1.58. The van der Waals surface area contributed by atoms with Gasteiger partial charge < -0.3 is 25.6 Å². The molecular weight excluding hydrogens is 641 g/mol. The molecule has 10 nitrogen and oxygen atoms in total. The third-order valence-corrected chi connectivity index (χ3v) is 7.63. The molecule has 1 saturated carbocycles. The molecule has 2 aromatic carbocycles. The summed E-state index contributed by atoms with van der Waals surface area (Å²) in [6.07, 6.45) is -2.56. The molecule has 16 heteroatoms. The molecule has 2 aromatic heterocycles. The fourth-order valence-electron chi connectivity index (χ4n) is 4.89. The van der Waals surface area contributed by atoms with Crippen molar-refractivity contribution in [2.75, 3.05) is 20.3 Å². The van der Waals surface area contributed by atoms with E-state index >= 15 is 0 Å². The summed E-state index contributed by atoms with van der Waals surface area (Å²) in [5, 5.41) is 17.6. The van der Waals surface area contributed by atoms with Gasteiger partial charge in [-0.2, -0.15) is 18.3 Å². The fourth-order valence-corrected chi connectivity index (χ4v) is 5.10. The summed E-state index contributed by atoms with van der Waals surface area (Å²) in [7, 11) is 1.36. The third-order valence-electron chi connectivity index (χ3n) is 7.35. The van der Waals surface area contributed by atoms with Crippen LogP contribution >= 0.6 is 11.6 Å². The van der Waals surface area contributed by atoms with E-state index in [9.17, 15) is 36.6 Å². The smallest absolute Gasteiger partial charge is 0.424 e. The Morgan fingerprint density at radius 2 is 1.89 bits per heavy atom. The predicted octanol–water partition coefficient (Wildman–Crippen LogP) is 4.98. The number of nitrogens with one attached hydrogen (secondary N) is 1. The normalized spacial score (nSPS) is 14.6. The van der Waals surface area contributed by atoms with Crippen molar-refractivity contribution in [2.45, 2.75) is 44.0 Å². The molecule has 2 heterocycles. The minimum Gasteiger partial charge on any atom is -0.494 e. The van der Waals surface area contributed by atoms with Gasteiger partial charge in [0.15, 0.2) is 11.6 Å². The molecule has 4 aromatic rings. The van der Waals surface area contributed by atoms with Crippen LogP contribution in [0, 0.1) is 11.6 Å². The second-order valence-corrected chi connectivity index (χ2v) is 11.1. The van der Waals surface area contributed by atoms with Gasteiger partial charge in [0.05, 0.1) is 43.4 Å². The highest BCUT2D eigenvalue weighted by molar-refractivity contribution is 6.31. The van der Waals surface area contributed by atoms with Crippen LogP contribution in [0.15, 0.2) is 36.5 Å². The van der Waals surface area contributed by atoms with Gasteiger partial charge in [-0.1, -0.05) is 11.6 Å². The average molecular weight is 668 g/mol. The van der Waals surface area contributed by atoms with E-state index < -0.39 is 64.6 Å². The SMILES string of the molecule is CCOc1c(CC(N)=O)cc(C(O)(CNC(=O)c2cc(OC)c3nn(C4CC4)cc3c2)C(F)(F)F)nc1-c1cc(F)c(F)c(Cl)c1. The maximum Gasteiger partial charge on any atom is 0.424 e. The number of pyridine rings is 1. The molecule has 0 saturated heterocycles. The number of amides is 2. The van der Waals surface area contributed by atoms with Crippen molar-refractivity contribution in [3.05, 3.63) is 70.0 Å². The van der Waals surface area contributed by atoms with Crippen LogP contribution in [0.2, 0.25) is 5.02 Å². The van der Waals surface area contributed by atoms with Crippen LogP contribution in [-0.2, 0) is 16.8 Å². The van der Waals surface area contributed by atoms with Crippen molar-refractivity contribution in [2.24, 2.45) is 5.73 Å². The minimum atomic E-state index is -5.46. The number of ether oxygens (including phenoxy) is 2. The summed E-state index contributed by atoms with van der Waals surface area (Å²) in [6, 6.07) is 5.21. The van der Waals surface area contributed by atoms with Gasteiger partial charge in [0.25, 0.3) is 5.91 Å². The Morgan fingerprint density at radius 1 is 1.17 bits per heavy atom. The molecule has 4 N–H and O–H groups in total. The Morgan fingerprint density at radius 3 is 2.48 bits per heavy atom. The molecule has 0 radical (unpaired) electrons. The molecule has 5 rings (SSSR count). The first-order valence-corrected chi connectivity index (χ1v) is 14.3. The van der Waals surface area contributed by atoms with Crippen molar-refractivity contribution < 1.29 is 46.1 Å². The van der Waals surface area contributed by atoms with Gasteiger partial charge in [-0.15, -0.1) is 0 Å². The highest BCUT2D eigenvalue weighted by Crippen LogP contribution is 2.43. The highest BCUT2D eigenvalue weighted by Gasteiger charge is 2.57. The van der Waals surface area contributed by atoms with Gasteiger partial charge in [0, 0.05) is 28.3 Å². The third kappa shape index (κ3) is 6.29. The van der Waals surface area contributed by atoms with Crippen molar-refractivity contribution in [3.63, 3.8) is 0 Å². The van der Waals surface area contributed by atoms with Gasteiger partial charge >= 0.3 is 6.18 Å². The quantitative estimate of drug-likeness (QED) is 0.151. The maximum atomic E-state index is 14.7. The van der Waals surface area contributed by atoms with E-state index in [-0.39, 0.29) is 40.8 Å². The second kappa shape index (κ2) is 12.4. The first-order chi connectivity index (χ1) is 21.7. The van der Waals surface area contributed by atoms with Gasteiger partial charge in [0.1, 0.15) is 22.7 Å². The number of hydrogen-bond acceptors (Lipinski definition) is 7. The molecule has 0 spiro atoms. The number of aliphatic hydroxyl groups is 1. The van der Waals surface area contributed by atoms with Crippen molar-refractivity contribution in [1.29, 1.82) is 0 Å². The minimum absolute atomic E-state index is 0.0737. The first-order valence-electron chi connectivity index (χ1n) is 13.9. The van der Waals surface area contributed by atoms with Crippen LogP contribution < -0.4 is 20.5 Å². The van der Waals surface area contributed by atoms with Gasteiger partial charge in [-0.25, -0.2) is 13.8 Å². The van der Waals surface area contributed by atoms with E-state index in [2.05, 4.69) is 15.4 Å². The molecule has 1 fully saturated rings. The molecule has 0 bridgehead atoms. The molecule has 1 aliphatic carbocycles. The second-order valence-electron chi connectivity index (χ2n) is 10.7. The van der Waals surface area contributed by atoms with E-state index in [0.717, 1.165) is 25.0 Å². The van der Waals surface area contributed by atoms with E-state index in [4.69, 9.17) is 26.8 Å². The molecule has 1 unspecified atom stereocenters. The number of carbonyl (C=O) groups is 2. The van der Waals surface area contributed by atoms with E-state index in [0.29, 0.717) is 17.0 Å². The number of aromatic nitrogens is 3. The zero-order chi connectivity index (χ0) is 33.6. The number of fused-ring (bicyclic) bond motifs is 1. The standard InChI is InChI=1S/C30H27ClF5N5O5/c1-3-46-27-15(11-23(37)42)10-22(39-26(27)14-7-19(31)24(33)20(32)8-14)29(44,30(34,35)36)13-38-28(43)16-6-17-12-41(18-4-5-18)40-25(17)21(9-16)45-2/h6-10,12,18,44H,3-5,11,13H2,1-2H3,(H2,37,42)(H,38,43). The van der Waals surface area contributed by atoms with Crippen LogP contribution in [0.4, 0.5) is 22.0 Å². The lowest BCUT2D eigenvalue weighted by Gasteiger charge is -2.31. The number of primary amides is 1. The van der Waals surface area contributed by atoms with Crippen LogP contribution in [-0.4, -0.2) is 58.1 Å². The number of alkyl halides is 3. The lowest BCUT2D eigenvalue weighted by atomic mass is 9.93. The summed E-state index contributed by atoms with van der Waals surface area (Å²) in [6.45, 7) is 0.00494. The number of nitrogens with zero attached hydrogens (tertiary/aromatic N) is 3. The Labute approximate surface area is 263 Å². The molecule has 244 valence electrons. The molecule has 0 aliphatic heterocycles. The monoisotopic (exact) mass is 667 g/mol. The molecule has 1 aliphatic rings. The van der Waals surface area contributed by atoms with Crippen LogP contribution in [0.5, 0.6) is 11.5 Å². The number of methoxy groups -OCH3 is 1. The van der Waals surface area contributed by atoms with Crippen molar-refractivity contribution in [3.8, 4) is 22.8 Å². The molecule has 2 amide bonds. The van der Waals surface area contributed by atoms with Crippen LogP contribution in [0.1, 0.15) is 47.4 Å². The predicted molar refractivity (Wildman–Crippen MR) is 156 cm³/mol. The molecule has 1 atom stereocenters. The van der Waals surface area contributed by atoms with E-state index in [1.165, 1.54) is 26.2 Å². The molecular formula is C30H27ClF5N5O5. The number of carbonyl (C=O) groups excluding carboxylic acids is 2. The van der Waals surface area contributed by atoms with Crippen molar-refractivity contribution >= 4 is 34.3 Å². The number of nitrogens with two attached hydrogens (primary N) is 1. The van der Waals surface area contributed by atoms with Gasteiger partial charge in [-0.3, -0.25) is 14.3 Å². The van der Waals surface area contributed by atoms with Crippen LogP contribution in [0.25, 0.3) is 22.2 Å². The van der Waals surface area contributed by atoms with Crippen LogP contribution in [0.3, 0.4) is 0 Å². The topological polar surface area (TPSA) is 142 Å².